The van der Waals surface area contributed by atoms with E-state index in [1.54, 1.807) is 0 Å². The second-order valence-corrected chi connectivity index (χ2v) is 3.25. The van der Waals surface area contributed by atoms with Gasteiger partial charge in [-0.3, -0.25) is 0 Å². The zero-order valence-corrected chi connectivity index (χ0v) is 5.27. The van der Waals surface area contributed by atoms with Crippen molar-refractivity contribution in [3.8, 4) is 0 Å². The zero-order valence-electron chi connectivity index (χ0n) is 5.27. The van der Waals surface area contributed by atoms with Crippen LogP contribution in [0.4, 0.5) is 0 Å². The molecule has 0 atom stereocenters. The fourth-order valence-electron chi connectivity index (χ4n) is 2.04. The van der Waals surface area contributed by atoms with Crippen molar-refractivity contribution >= 4 is 0 Å². The molecule has 0 aromatic heterocycles. The highest BCUT2D eigenvalue weighted by atomic mass is 14.3. The summed E-state index contributed by atoms with van der Waals surface area (Å²) >= 11 is 0. The van der Waals surface area contributed by atoms with Gasteiger partial charge in [-0.25, -0.2) is 0 Å². The number of hydrogen-bond acceptors (Lipinski definition) is 0. The van der Waals surface area contributed by atoms with Gasteiger partial charge in [0.1, 0.15) is 0 Å². The summed E-state index contributed by atoms with van der Waals surface area (Å²) in [5, 5.41) is 0. The zero-order chi connectivity index (χ0) is 5.40. The predicted octanol–water partition coefficient (Wildman–Crippen LogP) is 2.40. The van der Waals surface area contributed by atoms with Crippen LogP contribution >= 0.6 is 0 Å². The highest BCUT2D eigenvalue weighted by molar-refractivity contribution is 4.90. The lowest BCUT2D eigenvalue weighted by Gasteiger charge is -2.35. The smallest absolute Gasteiger partial charge is 0.0352 e. The normalized spacial score (nSPS) is 45.0. The lowest BCUT2D eigenvalue weighted by Crippen LogP contribution is -2.22. The first kappa shape index (κ1) is 4.84. The first-order valence-corrected chi connectivity index (χ1v) is 3.78. The lowest BCUT2D eigenvalue weighted by atomic mass is 9.71. The van der Waals surface area contributed by atoms with Gasteiger partial charge >= 0.3 is 0 Å². The monoisotopic (exact) mass is 109 g/mol. The van der Waals surface area contributed by atoms with E-state index < -0.39 is 0 Å². The Hall–Kier alpha value is 0. The van der Waals surface area contributed by atoms with Crippen LogP contribution < -0.4 is 0 Å². The molecule has 3 saturated carbocycles. The minimum atomic E-state index is 1.03. The summed E-state index contributed by atoms with van der Waals surface area (Å²) in [4.78, 5) is 0. The first-order valence-electron chi connectivity index (χ1n) is 3.78. The molecule has 0 heterocycles. The summed E-state index contributed by atoms with van der Waals surface area (Å²) in [7, 11) is 0. The summed E-state index contributed by atoms with van der Waals surface area (Å²) in [6, 6.07) is 0. The number of hydrogen-bond donors (Lipinski definition) is 0. The SMILES string of the molecule is [CH]1CC2CCC1CC2. The predicted molar refractivity (Wildman–Crippen MR) is 34.4 cm³/mol. The van der Waals surface area contributed by atoms with E-state index in [4.69, 9.17) is 0 Å². The topological polar surface area (TPSA) is 0 Å². The van der Waals surface area contributed by atoms with Gasteiger partial charge < -0.3 is 0 Å². The molecule has 1 radical (unpaired) electrons. The van der Waals surface area contributed by atoms with Crippen molar-refractivity contribution in [3.05, 3.63) is 6.42 Å². The summed E-state index contributed by atoms with van der Waals surface area (Å²) < 4.78 is 0. The molecule has 3 rings (SSSR count). The number of fused-ring (bicyclic) bond motifs is 3. The summed E-state index contributed by atoms with van der Waals surface area (Å²) in [6.07, 6.45) is 10.0. The van der Waals surface area contributed by atoms with E-state index in [-0.39, 0.29) is 0 Å². The van der Waals surface area contributed by atoms with Crippen LogP contribution in [0.15, 0.2) is 0 Å². The van der Waals surface area contributed by atoms with Crippen molar-refractivity contribution in [1.82, 2.24) is 0 Å². The molecule has 3 aliphatic rings. The van der Waals surface area contributed by atoms with Crippen molar-refractivity contribution in [3.63, 3.8) is 0 Å². The van der Waals surface area contributed by atoms with Crippen LogP contribution in [0, 0.1) is 18.3 Å². The van der Waals surface area contributed by atoms with E-state index in [9.17, 15) is 0 Å². The van der Waals surface area contributed by atoms with Gasteiger partial charge in [-0.05, 0) is 37.5 Å². The molecule has 0 aromatic carbocycles. The van der Waals surface area contributed by atoms with Gasteiger partial charge in [0.15, 0.2) is 0 Å². The van der Waals surface area contributed by atoms with Crippen LogP contribution in [0.25, 0.3) is 0 Å². The Balaban J connectivity index is 2.03. The van der Waals surface area contributed by atoms with Gasteiger partial charge in [0.05, 0.1) is 0 Å². The molecule has 2 bridgehead atoms. The molecular formula is C8H13. The van der Waals surface area contributed by atoms with Crippen LogP contribution in [-0.4, -0.2) is 0 Å². The fraction of sp³-hybridized carbons (Fsp3) is 0.875. The van der Waals surface area contributed by atoms with Crippen LogP contribution in [-0.2, 0) is 0 Å². The first-order chi connectivity index (χ1) is 3.95. The third-order valence-corrected chi connectivity index (χ3v) is 2.69. The summed E-state index contributed by atoms with van der Waals surface area (Å²) in [5.74, 6) is 2.12. The molecule has 0 heteroatoms. The second kappa shape index (κ2) is 1.75. The summed E-state index contributed by atoms with van der Waals surface area (Å²) in [6.45, 7) is 0. The standard InChI is InChI=1S/C8H13/c1-2-8-5-3-7(1)4-6-8/h1,7-8H,2-6H2. The molecule has 0 aliphatic heterocycles. The van der Waals surface area contributed by atoms with Crippen LogP contribution in [0.3, 0.4) is 0 Å². The van der Waals surface area contributed by atoms with Crippen molar-refractivity contribution < 1.29 is 0 Å². The minimum absolute atomic E-state index is 1.03. The van der Waals surface area contributed by atoms with Gasteiger partial charge in [0.2, 0.25) is 0 Å². The van der Waals surface area contributed by atoms with Crippen molar-refractivity contribution in [1.29, 1.82) is 0 Å². The highest BCUT2D eigenvalue weighted by Crippen LogP contribution is 2.39. The Kier molecular flexibility index (Phi) is 1.06. The third-order valence-electron chi connectivity index (χ3n) is 2.69. The Morgan fingerprint density at radius 3 is 1.88 bits per heavy atom. The molecule has 0 aromatic rings. The molecular weight excluding hydrogens is 96.1 g/mol. The van der Waals surface area contributed by atoms with Crippen LogP contribution in [0.2, 0.25) is 0 Å². The molecule has 3 aliphatic carbocycles. The molecule has 0 saturated heterocycles. The van der Waals surface area contributed by atoms with Gasteiger partial charge in [0, 0.05) is 0 Å². The quantitative estimate of drug-likeness (QED) is 0.448. The van der Waals surface area contributed by atoms with E-state index in [0.29, 0.717) is 0 Å². The average Bonchev–Trinajstić information content (AvgIpc) is 1.92. The Morgan fingerprint density at radius 2 is 1.75 bits per heavy atom. The van der Waals surface area contributed by atoms with Crippen molar-refractivity contribution in [2.75, 3.05) is 0 Å². The summed E-state index contributed by atoms with van der Waals surface area (Å²) in [5.41, 5.74) is 0. The van der Waals surface area contributed by atoms with E-state index in [1.165, 1.54) is 32.1 Å². The number of rotatable bonds is 0. The van der Waals surface area contributed by atoms with E-state index >= 15 is 0 Å². The van der Waals surface area contributed by atoms with Gasteiger partial charge in [-0.15, -0.1) is 0 Å². The largest absolute Gasteiger partial charge is 0.0502 e. The van der Waals surface area contributed by atoms with Gasteiger partial charge in [0.25, 0.3) is 0 Å². The van der Waals surface area contributed by atoms with Crippen molar-refractivity contribution in [2.45, 2.75) is 32.1 Å². The van der Waals surface area contributed by atoms with Crippen molar-refractivity contribution in [2.24, 2.45) is 11.8 Å². The maximum atomic E-state index is 2.54. The Morgan fingerprint density at radius 1 is 1.00 bits per heavy atom. The van der Waals surface area contributed by atoms with E-state index in [2.05, 4.69) is 6.42 Å². The highest BCUT2D eigenvalue weighted by Gasteiger charge is 2.26. The van der Waals surface area contributed by atoms with Gasteiger partial charge in [-0.2, -0.15) is 0 Å². The molecule has 0 N–H and O–H groups in total. The molecule has 0 spiro atoms. The Bertz CT molecular complexity index is 55.0. The Labute approximate surface area is 51.3 Å². The molecule has 45 valence electrons. The lowest BCUT2D eigenvalue weighted by molar-refractivity contribution is 0.234. The molecule has 0 unspecified atom stereocenters. The van der Waals surface area contributed by atoms with E-state index in [0.717, 1.165) is 11.8 Å². The molecule has 3 fully saturated rings. The average molecular weight is 109 g/mol. The van der Waals surface area contributed by atoms with E-state index in [1.807, 2.05) is 0 Å². The van der Waals surface area contributed by atoms with Crippen LogP contribution in [0.1, 0.15) is 32.1 Å². The molecule has 0 nitrogen and oxygen atoms in total. The molecule has 8 heavy (non-hydrogen) atoms. The van der Waals surface area contributed by atoms with Crippen LogP contribution in [0.5, 0.6) is 0 Å². The molecule has 0 amide bonds. The maximum Gasteiger partial charge on any atom is -0.0352 e. The van der Waals surface area contributed by atoms with Gasteiger partial charge in [-0.1, -0.05) is 12.8 Å². The minimum Gasteiger partial charge on any atom is -0.0502 e. The maximum absolute atomic E-state index is 2.54. The fourth-order valence-corrected chi connectivity index (χ4v) is 2.04. The third kappa shape index (κ3) is 0.667. The second-order valence-electron chi connectivity index (χ2n) is 3.25.